The fourth-order valence-electron chi connectivity index (χ4n) is 2.86. The molecule has 138 valence electrons. The molecule has 0 unspecified atom stereocenters. The van der Waals surface area contributed by atoms with Gasteiger partial charge in [-0.2, -0.15) is 5.26 Å². The SMILES string of the molecule is N#CC(=Cc1ccc(N2CCOCC2)c([N+](=O)[O-])c1)c1ccc(Cl)c(Cl)c1. The molecule has 0 atom stereocenters. The van der Waals surface area contributed by atoms with Crippen molar-refractivity contribution in [1.82, 2.24) is 0 Å². The van der Waals surface area contributed by atoms with E-state index in [1.807, 2.05) is 4.90 Å². The smallest absolute Gasteiger partial charge is 0.293 e. The molecule has 0 amide bonds. The van der Waals surface area contributed by atoms with E-state index in [0.29, 0.717) is 58.7 Å². The number of halogens is 2. The molecule has 1 aliphatic heterocycles. The number of benzene rings is 2. The molecule has 0 bridgehead atoms. The fourth-order valence-corrected chi connectivity index (χ4v) is 3.16. The van der Waals surface area contributed by atoms with Crippen LogP contribution < -0.4 is 4.90 Å². The summed E-state index contributed by atoms with van der Waals surface area (Å²) in [6, 6.07) is 11.9. The van der Waals surface area contributed by atoms with E-state index in [1.165, 1.54) is 6.07 Å². The Kier molecular flexibility index (Phi) is 5.97. The summed E-state index contributed by atoms with van der Waals surface area (Å²) >= 11 is 11.9. The lowest BCUT2D eigenvalue weighted by Gasteiger charge is -2.28. The molecule has 2 aromatic carbocycles. The highest BCUT2D eigenvalue weighted by atomic mass is 35.5. The highest BCUT2D eigenvalue weighted by Crippen LogP contribution is 2.32. The van der Waals surface area contributed by atoms with Gasteiger partial charge in [0.15, 0.2) is 0 Å². The van der Waals surface area contributed by atoms with Gasteiger partial charge in [-0.25, -0.2) is 0 Å². The zero-order valence-corrected chi connectivity index (χ0v) is 15.7. The van der Waals surface area contributed by atoms with Crippen molar-refractivity contribution in [3.8, 4) is 6.07 Å². The first kappa shape index (κ1) is 19.2. The molecular weight excluding hydrogens is 389 g/mol. The van der Waals surface area contributed by atoms with Crippen LogP contribution >= 0.6 is 23.2 Å². The molecule has 6 nitrogen and oxygen atoms in total. The van der Waals surface area contributed by atoms with Crippen molar-refractivity contribution in [3.05, 3.63) is 67.7 Å². The second-order valence-corrected chi connectivity index (χ2v) is 6.72. The molecule has 0 spiro atoms. The number of nitriles is 1. The van der Waals surface area contributed by atoms with E-state index >= 15 is 0 Å². The Hall–Kier alpha value is -2.59. The van der Waals surface area contributed by atoms with Gasteiger partial charge < -0.3 is 9.64 Å². The first-order valence-corrected chi connectivity index (χ1v) is 8.93. The van der Waals surface area contributed by atoms with Crippen LogP contribution in [-0.2, 0) is 4.74 Å². The molecule has 0 aromatic heterocycles. The average Bonchev–Trinajstić information content (AvgIpc) is 2.69. The van der Waals surface area contributed by atoms with Gasteiger partial charge in [-0.15, -0.1) is 0 Å². The summed E-state index contributed by atoms with van der Waals surface area (Å²) in [5, 5.41) is 21.8. The third-order valence-electron chi connectivity index (χ3n) is 4.21. The number of nitro benzene ring substituents is 1. The van der Waals surface area contributed by atoms with E-state index in [4.69, 9.17) is 27.9 Å². The number of anilines is 1. The molecule has 0 radical (unpaired) electrons. The first-order valence-electron chi connectivity index (χ1n) is 8.18. The summed E-state index contributed by atoms with van der Waals surface area (Å²) in [7, 11) is 0. The largest absolute Gasteiger partial charge is 0.378 e. The van der Waals surface area contributed by atoms with Crippen LogP contribution in [0.25, 0.3) is 11.6 Å². The van der Waals surface area contributed by atoms with E-state index in [-0.39, 0.29) is 5.69 Å². The van der Waals surface area contributed by atoms with Crippen molar-refractivity contribution in [1.29, 1.82) is 5.26 Å². The monoisotopic (exact) mass is 403 g/mol. The lowest BCUT2D eigenvalue weighted by Crippen LogP contribution is -2.36. The Morgan fingerprint density at radius 2 is 1.93 bits per heavy atom. The third-order valence-corrected chi connectivity index (χ3v) is 4.95. The van der Waals surface area contributed by atoms with Gasteiger partial charge in [0.05, 0.1) is 39.8 Å². The summed E-state index contributed by atoms with van der Waals surface area (Å²) in [5.41, 5.74) is 2.03. The molecule has 1 saturated heterocycles. The Morgan fingerprint density at radius 3 is 2.56 bits per heavy atom. The van der Waals surface area contributed by atoms with Crippen LogP contribution in [0.5, 0.6) is 0 Å². The van der Waals surface area contributed by atoms with Gasteiger partial charge >= 0.3 is 0 Å². The van der Waals surface area contributed by atoms with Crippen molar-refractivity contribution in [3.63, 3.8) is 0 Å². The maximum absolute atomic E-state index is 11.6. The van der Waals surface area contributed by atoms with Gasteiger partial charge in [-0.05, 0) is 35.4 Å². The van der Waals surface area contributed by atoms with E-state index in [0.717, 1.165) is 0 Å². The van der Waals surface area contributed by atoms with Crippen LogP contribution in [0.2, 0.25) is 10.0 Å². The molecule has 0 aliphatic carbocycles. The van der Waals surface area contributed by atoms with Crippen molar-refractivity contribution in [2.24, 2.45) is 0 Å². The Labute approximate surface area is 166 Å². The summed E-state index contributed by atoms with van der Waals surface area (Å²) in [4.78, 5) is 13.1. The minimum Gasteiger partial charge on any atom is -0.378 e. The van der Waals surface area contributed by atoms with E-state index in [9.17, 15) is 15.4 Å². The van der Waals surface area contributed by atoms with E-state index in [2.05, 4.69) is 6.07 Å². The summed E-state index contributed by atoms with van der Waals surface area (Å²) in [6.07, 6.45) is 1.59. The van der Waals surface area contributed by atoms with Gasteiger partial charge in [-0.3, -0.25) is 10.1 Å². The Balaban J connectivity index is 1.99. The van der Waals surface area contributed by atoms with Crippen LogP contribution in [0.15, 0.2) is 36.4 Å². The Morgan fingerprint density at radius 1 is 1.19 bits per heavy atom. The van der Waals surface area contributed by atoms with Crippen LogP contribution in [0, 0.1) is 21.4 Å². The number of rotatable bonds is 4. The van der Waals surface area contributed by atoms with Crippen molar-refractivity contribution in [2.45, 2.75) is 0 Å². The molecule has 1 heterocycles. The molecule has 27 heavy (non-hydrogen) atoms. The maximum Gasteiger partial charge on any atom is 0.293 e. The van der Waals surface area contributed by atoms with Crippen LogP contribution in [0.3, 0.4) is 0 Å². The van der Waals surface area contributed by atoms with Crippen molar-refractivity contribution >= 4 is 46.2 Å². The molecule has 2 aromatic rings. The van der Waals surface area contributed by atoms with Crippen molar-refractivity contribution in [2.75, 3.05) is 31.2 Å². The van der Waals surface area contributed by atoms with Crippen LogP contribution in [0.1, 0.15) is 11.1 Å². The number of hydrogen-bond acceptors (Lipinski definition) is 5. The first-order chi connectivity index (χ1) is 13.0. The fraction of sp³-hybridized carbons (Fsp3) is 0.211. The maximum atomic E-state index is 11.6. The predicted molar refractivity (Wildman–Crippen MR) is 106 cm³/mol. The molecular formula is C19H15Cl2N3O3. The Bertz CT molecular complexity index is 948. The van der Waals surface area contributed by atoms with Gasteiger partial charge in [0.25, 0.3) is 5.69 Å². The highest BCUT2D eigenvalue weighted by molar-refractivity contribution is 6.42. The van der Waals surface area contributed by atoms with E-state index < -0.39 is 4.92 Å². The van der Waals surface area contributed by atoms with Gasteiger partial charge in [0.1, 0.15) is 5.69 Å². The van der Waals surface area contributed by atoms with E-state index in [1.54, 1.807) is 36.4 Å². The number of hydrogen-bond donors (Lipinski definition) is 0. The molecule has 1 fully saturated rings. The van der Waals surface area contributed by atoms with Crippen LogP contribution in [0.4, 0.5) is 11.4 Å². The average molecular weight is 404 g/mol. The standard InChI is InChI=1S/C19H15Cl2N3O3/c20-16-3-2-14(11-17(16)21)15(12-22)9-13-1-4-18(19(10-13)24(25)26)23-5-7-27-8-6-23/h1-4,9-11H,5-8H2. The second-order valence-electron chi connectivity index (χ2n) is 5.90. The third kappa shape index (κ3) is 4.40. The van der Waals surface area contributed by atoms with Gasteiger partial charge in [-0.1, -0.05) is 35.3 Å². The summed E-state index contributed by atoms with van der Waals surface area (Å²) in [5.74, 6) is 0. The minimum atomic E-state index is -0.409. The minimum absolute atomic E-state index is 0.00271. The topological polar surface area (TPSA) is 79.4 Å². The van der Waals surface area contributed by atoms with Crippen LogP contribution in [-0.4, -0.2) is 31.2 Å². The molecule has 8 heteroatoms. The normalized spacial score (nSPS) is 14.7. The van der Waals surface area contributed by atoms with Gasteiger partial charge in [0.2, 0.25) is 0 Å². The highest BCUT2D eigenvalue weighted by Gasteiger charge is 2.21. The number of nitro groups is 1. The molecule has 3 rings (SSSR count). The molecule has 0 N–H and O–H groups in total. The lowest BCUT2D eigenvalue weighted by molar-refractivity contribution is -0.384. The number of allylic oxidation sites excluding steroid dienone is 1. The number of ether oxygens (including phenoxy) is 1. The predicted octanol–water partition coefficient (Wildman–Crippen LogP) is 4.80. The van der Waals surface area contributed by atoms with Gasteiger partial charge in [0, 0.05) is 19.2 Å². The zero-order chi connectivity index (χ0) is 19.4. The van der Waals surface area contributed by atoms with Crippen molar-refractivity contribution < 1.29 is 9.66 Å². The number of nitrogens with zero attached hydrogens (tertiary/aromatic N) is 3. The zero-order valence-electron chi connectivity index (χ0n) is 14.2. The summed E-state index contributed by atoms with van der Waals surface area (Å²) in [6.45, 7) is 2.27. The second kappa shape index (κ2) is 8.40. The number of morpholine rings is 1. The lowest BCUT2D eigenvalue weighted by atomic mass is 10.0. The quantitative estimate of drug-likeness (QED) is 0.317. The molecule has 1 aliphatic rings. The molecule has 0 saturated carbocycles. The summed E-state index contributed by atoms with van der Waals surface area (Å²) < 4.78 is 5.30.